The molecule has 1 saturated heterocycles. The molecule has 0 radical (unpaired) electrons. The molecular formula is C10H11N3O. The fourth-order valence-corrected chi connectivity index (χ4v) is 1.70. The van der Waals surface area contributed by atoms with Crippen LogP contribution in [0.3, 0.4) is 0 Å². The minimum absolute atomic E-state index is 0.349. The standard InChI is InChI=1S/C10H11N3O/c1-2-4-9-8(3-1)13-10(14-9)7-5-11-12-6-7/h1-4,7,11-12H,5-6H2. The number of hydrazine groups is 1. The first-order chi connectivity index (χ1) is 6.93. The van der Waals surface area contributed by atoms with Crippen molar-refractivity contribution in [1.82, 2.24) is 15.8 Å². The third kappa shape index (κ3) is 1.20. The van der Waals surface area contributed by atoms with Gasteiger partial charge in [0.15, 0.2) is 5.58 Å². The normalized spacial score (nSPS) is 18.0. The third-order valence-corrected chi connectivity index (χ3v) is 2.48. The van der Waals surface area contributed by atoms with Crippen molar-refractivity contribution in [3.63, 3.8) is 0 Å². The van der Waals surface area contributed by atoms with Crippen LogP contribution >= 0.6 is 0 Å². The van der Waals surface area contributed by atoms with Crippen molar-refractivity contribution < 1.29 is 4.42 Å². The molecule has 0 bridgehead atoms. The van der Waals surface area contributed by atoms with E-state index in [-0.39, 0.29) is 0 Å². The number of hydrogen-bond acceptors (Lipinski definition) is 4. The Kier molecular flexibility index (Phi) is 1.75. The van der Waals surface area contributed by atoms with Crippen LogP contribution in [0.15, 0.2) is 28.7 Å². The second-order valence-corrected chi connectivity index (χ2v) is 3.48. The molecule has 2 aromatic rings. The van der Waals surface area contributed by atoms with Crippen LogP contribution in [0.2, 0.25) is 0 Å². The number of rotatable bonds is 1. The molecule has 72 valence electrons. The Morgan fingerprint density at radius 1 is 1.21 bits per heavy atom. The molecule has 1 aromatic heterocycles. The maximum atomic E-state index is 5.66. The topological polar surface area (TPSA) is 50.1 Å². The van der Waals surface area contributed by atoms with E-state index in [2.05, 4.69) is 15.8 Å². The van der Waals surface area contributed by atoms with Gasteiger partial charge in [-0.05, 0) is 12.1 Å². The van der Waals surface area contributed by atoms with Gasteiger partial charge in [0.1, 0.15) is 5.52 Å². The van der Waals surface area contributed by atoms with Crippen LogP contribution in [0.5, 0.6) is 0 Å². The van der Waals surface area contributed by atoms with Gasteiger partial charge in [-0.15, -0.1) is 0 Å². The van der Waals surface area contributed by atoms with Gasteiger partial charge in [0.25, 0.3) is 0 Å². The van der Waals surface area contributed by atoms with Gasteiger partial charge >= 0.3 is 0 Å². The second-order valence-electron chi connectivity index (χ2n) is 3.48. The lowest BCUT2D eigenvalue weighted by Crippen LogP contribution is -2.21. The van der Waals surface area contributed by atoms with Gasteiger partial charge in [-0.3, -0.25) is 10.9 Å². The van der Waals surface area contributed by atoms with Gasteiger partial charge < -0.3 is 4.42 Å². The van der Waals surface area contributed by atoms with Gasteiger partial charge in [0, 0.05) is 13.1 Å². The van der Waals surface area contributed by atoms with Crippen LogP contribution in [0.25, 0.3) is 11.1 Å². The van der Waals surface area contributed by atoms with E-state index in [1.165, 1.54) is 0 Å². The van der Waals surface area contributed by atoms with Gasteiger partial charge in [0.2, 0.25) is 5.89 Å². The molecule has 1 aliphatic rings. The SMILES string of the molecule is c1ccc2oc(C3CNNC3)nc2c1. The summed E-state index contributed by atoms with van der Waals surface area (Å²) in [6.45, 7) is 1.76. The van der Waals surface area contributed by atoms with Crippen LogP contribution < -0.4 is 10.9 Å². The average molecular weight is 189 g/mol. The number of nitrogens with one attached hydrogen (secondary N) is 2. The minimum Gasteiger partial charge on any atom is -0.440 e. The summed E-state index contributed by atoms with van der Waals surface area (Å²) in [4.78, 5) is 4.45. The number of fused-ring (bicyclic) bond motifs is 1. The van der Waals surface area contributed by atoms with E-state index in [0.717, 1.165) is 30.1 Å². The van der Waals surface area contributed by atoms with Crippen LogP contribution in [0.4, 0.5) is 0 Å². The van der Waals surface area contributed by atoms with E-state index in [9.17, 15) is 0 Å². The highest BCUT2D eigenvalue weighted by Gasteiger charge is 2.21. The summed E-state index contributed by atoms with van der Waals surface area (Å²) in [5.74, 6) is 1.17. The molecule has 4 heteroatoms. The molecule has 1 aliphatic heterocycles. The largest absolute Gasteiger partial charge is 0.440 e. The highest BCUT2D eigenvalue weighted by molar-refractivity contribution is 5.72. The van der Waals surface area contributed by atoms with E-state index in [1.54, 1.807) is 0 Å². The highest BCUT2D eigenvalue weighted by atomic mass is 16.3. The number of hydrogen-bond donors (Lipinski definition) is 2. The van der Waals surface area contributed by atoms with Crippen molar-refractivity contribution in [1.29, 1.82) is 0 Å². The monoisotopic (exact) mass is 189 g/mol. The molecular weight excluding hydrogens is 178 g/mol. The zero-order valence-electron chi connectivity index (χ0n) is 7.66. The molecule has 14 heavy (non-hydrogen) atoms. The number of nitrogens with zero attached hydrogens (tertiary/aromatic N) is 1. The Bertz CT molecular complexity index is 412. The highest BCUT2D eigenvalue weighted by Crippen LogP contribution is 2.21. The Morgan fingerprint density at radius 2 is 2.00 bits per heavy atom. The predicted octanol–water partition coefficient (Wildman–Crippen LogP) is 1.02. The van der Waals surface area contributed by atoms with Gasteiger partial charge in [-0.2, -0.15) is 0 Å². The van der Waals surface area contributed by atoms with Crippen LogP contribution in [-0.2, 0) is 0 Å². The maximum Gasteiger partial charge on any atom is 0.201 e. The van der Waals surface area contributed by atoms with Crippen molar-refractivity contribution in [2.24, 2.45) is 0 Å². The van der Waals surface area contributed by atoms with E-state index in [4.69, 9.17) is 4.42 Å². The number of para-hydroxylation sites is 2. The van der Waals surface area contributed by atoms with Crippen LogP contribution in [0.1, 0.15) is 11.8 Å². The predicted molar refractivity (Wildman–Crippen MR) is 52.8 cm³/mol. The van der Waals surface area contributed by atoms with Gasteiger partial charge in [-0.25, -0.2) is 4.98 Å². The van der Waals surface area contributed by atoms with Crippen molar-refractivity contribution in [3.05, 3.63) is 30.2 Å². The molecule has 2 N–H and O–H groups in total. The molecule has 1 aromatic carbocycles. The number of oxazole rings is 1. The average Bonchev–Trinajstić information content (AvgIpc) is 2.86. The van der Waals surface area contributed by atoms with E-state index in [0.29, 0.717) is 5.92 Å². The number of aromatic nitrogens is 1. The molecule has 1 fully saturated rings. The first-order valence-electron chi connectivity index (χ1n) is 4.75. The third-order valence-electron chi connectivity index (χ3n) is 2.48. The fraction of sp³-hybridized carbons (Fsp3) is 0.300. The van der Waals surface area contributed by atoms with Crippen molar-refractivity contribution >= 4 is 11.1 Å². The van der Waals surface area contributed by atoms with Crippen LogP contribution in [0, 0.1) is 0 Å². The first kappa shape index (κ1) is 7.96. The van der Waals surface area contributed by atoms with Crippen molar-refractivity contribution in [3.8, 4) is 0 Å². The molecule has 0 amide bonds. The summed E-state index contributed by atoms with van der Waals surface area (Å²) in [6, 6.07) is 7.85. The quantitative estimate of drug-likeness (QED) is 0.703. The summed E-state index contributed by atoms with van der Waals surface area (Å²) >= 11 is 0. The summed E-state index contributed by atoms with van der Waals surface area (Å²) in [6.07, 6.45) is 0. The lowest BCUT2D eigenvalue weighted by atomic mass is 10.2. The lowest BCUT2D eigenvalue weighted by molar-refractivity contribution is 0.493. The zero-order chi connectivity index (χ0) is 9.38. The summed E-state index contributed by atoms with van der Waals surface area (Å²) in [5.41, 5.74) is 7.94. The van der Waals surface area contributed by atoms with Crippen molar-refractivity contribution in [2.75, 3.05) is 13.1 Å². The minimum atomic E-state index is 0.349. The Hall–Kier alpha value is -1.39. The van der Waals surface area contributed by atoms with Crippen LogP contribution in [-0.4, -0.2) is 18.1 Å². The molecule has 0 spiro atoms. The van der Waals surface area contributed by atoms with E-state index in [1.807, 2.05) is 24.3 Å². The van der Waals surface area contributed by atoms with Gasteiger partial charge in [-0.1, -0.05) is 12.1 Å². The Labute approximate surface area is 81.3 Å². The summed E-state index contributed by atoms with van der Waals surface area (Å²) in [7, 11) is 0. The summed E-state index contributed by atoms with van der Waals surface area (Å²) < 4.78 is 5.66. The molecule has 4 nitrogen and oxygen atoms in total. The zero-order valence-corrected chi connectivity index (χ0v) is 7.66. The van der Waals surface area contributed by atoms with Gasteiger partial charge in [0.05, 0.1) is 5.92 Å². The summed E-state index contributed by atoms with van der Waals surface area (Å²) in [5, 5.41) is 0. The Morgan fingerprint density at radius 3 is 2.79 bits per heavy atom. The van der Waals surface area contributed by atoms with E-state index < -0.39 is 0 Å². The lowest BCUT2D eigenvalue weighted by Gasteiger charge is -1.98. The second kappa shape index (κ2) is 3.08. The Balaban J connectivity index is 2.05. The molecule has 2 heterocycles. The molecule has 0 aliphatic carbocycles. The first-order valence-corrected chi connectivity index (χ1v) is 4.75. The van der Waals surface area contributed by atoms with E-state index >= 15 is 0 Å². The maximum absolute atomic E-state index is 5.66. The van der Waals surface area contributed by atoms with Crippen molar-refractivity contribution in [2.45, 2.75) is 5.92 Å². The molecule has 0 saturated carbocycles. The molecule has 0 unspecified atom stereocenters. The molecule has 0 atom stereocenters. The fourth-order valence-electron chi connectivity index (χ4n) is 1.70. The molecule has 3 rings (SSSR count). The number of benzene rings is 1. The smallest absolute Gasteiger partial charge is 0.201 e.